The van der Waals surface area contributed by atoms with Crippen molar-refractivity contribution in [3.63, 3.8) is 0 Å². The monoisotopic (exact) mass is 362 g/mol. The highest BCUT2D eigenvalue weighted by Gasteiger charge is 2.58. The van der Waals surface area contributed by atoms with Gasteiger partial charge in [0.1, 0.15) is 0 Å². The van der Waals surface area contributed by atoms with Crippen molar-refractivity contribution in [2.75, 3.05) is 4.90 Å². The second-order valence-corrected chi connectivity index (χ2v) is 4.97. The number of amides is 2. The topological polar surface area (TPSA) is 32.3 Å². The van der Waals surface area contributed by atoms with E-state index in [1.54, 1.807) is 12.1 Å². The largest absolute Gasteiger partial charge is 0.417 e. The van der Waals surface area contributed by atoms with E-state index in [0.717, 1.165) is 10.2 Å². The Kier molecular flexibility index (Phi) is 5.24. The van der Waals surface area contributed by atoms with Crippen LogP contribution in [0.15, 0.2) is 60.7 Å². The first-order chi connectivity index (χ1) is 11.6. The van der Waals surface area contributed by atoms with E-state index in [1.807, 2.05) is 0 Å². The Balaban J connectivity index is 2.40. The molecule has 2 amide bonds. The Morgan fingerprint density at radius 1 is 0.760 bits per heavy atom. The number of nitrogens with zero attached hydrogens (tertiary/aromatic N) is 1. The van der Waals surface area contributed by atoms with Crippen LogP contribution in [0.25, 0.3) is 0 Å². The highest BCUT2D eigenvalue weighted by molar-refractivity contribution is 5.99. The van der Waals surface area contributed by atoms with Crippen LogP contribution < -0.4 is 10.2 Å². The lowest BCUT2D eigenvalue weighted by atomic mass is 10.2. The number of hydrogen-bond acceptors (Lipinski definition) is 1. The zero-order valence-corrected chi connectivity index (χ0v) is 12.5. The smallest absolute Gasteiger partial charge is 0.318 e. The lowest BCUT2D eigenvalue weighted by molar-refractivity contribution is -0.255. The molecule has 1 N–H and O–H groups in total. The standard InChI is InChI=1S/C16H12F6N2O/c17-15(18,19)13(16(20,21)22)23-14(25)24(11-7-3-1-4-8-11)12-9-5-2-6-10-12/h1-10,13H,(H,23,25). The van der Waals surface area contributed by atoms with Gasteiger partial charge in [0.15, 0.2) is 0 Å². The molecule has 134 valence electrons. The number of anilines is 2. The van der Waals surface area contributed by atoms with Crippen LogP contribution in [0.4, 0.5) is 42.5 Å². The Hall–Kier alpha value is -2.71. The van der Waals surface area contributed by atoms with E-state index in [0.29, 0.717) is 0 Å². The first-order valence-electron chi connectivity index (χ1n) is 6.95. The van der Waals surface area contributed by atoms with Crippen LogP contribution in [0.3, 0.4) is 0 Å². The van der Waals surface area contributed by atoms with Gasteiger partial charge < -0.3 is 5.32 Å². The van der Waals surface area contributed by atoms with E-state index in [9.17, 15) is 31.1 Å². The third-order valence-electron chi connectivity index (χ3n) is 3.15. The number of urea groups is 1. The van der Waals surface area contributed by atoms with Crippen molar-refractivity contribution >= 4 is 17.4 Å². The molecule has 0 aliphatic rings. The maximum Gasteiger partial charge on any atom is 0.417 e. The molecule has 0 atom stereocenters. The normalized spacial score (nSPS) is 12.1. The summed E-state index contributed by atoms with van der Waals surface area (Å²) in [4.78, 5) is 13.0. The van der Waals surface area contributed by atoms with E-state index in [2.05, 4.69) is 0 Å². The SMILES string of the molecule is O=C(NC(C(F)(F)F)C(F)(F)F)N(c1ccccc1)c1ccccc1. The molecule has 0 aromatic heterocycles. The second-order valence-electron chi connectivity index (χ2n) is 4.97. The summed E-state index contributed by atoms with van der Waals surface area (Å²) in [6.45, 7) is 0. The van der Waals surface area contributed by atoms with Crippen LogP contribution in [0.2, 0.25) is 0 Å². The second kappa shape index (κ2) is 7.04. The summed E-state index contributed by atoms with van der Waals surface area (Å²) < 4.78 is 76.1. The predicted octanol–water partition coefficient (Wildman–Crippen LogP) is 5.03. The molecule has 0 fully saturated rings. The third-order valence-corrected chi connectivity index (χ3v) is 3.15. The van der Waals surface area contributed by atoms with Crippen LogP contribution >= 0.6 is 0 Å². The van der Waals surface area contributed by atoms with Gasteiger partial charge in [-0.05, 0) is 24.3 Å². The average Bonchev–Trinajstić information content (AvgIpc) is 2.53. The fraction of sp³-hybridized carbons (Fsp3) is 0.188. The van der Waals surface area contributed by atoms with E-state index in [1.165, 1.54) is 48.5 Å². The van der Waals surface area contributed by atoms with Crippen LogP contribution in [-0.2, 0) is 0 Å². The summed E-state index contributed by atoms with van der Waals surface area (Å²) in [5, 5.41) is 1.03. The average molecular weight is 362 g/mol. The Labute approximate surface area is 138 Å². The fourth-order valence-corrected chi connectivity index (χ4v) is 2.07. The van der Waals surface area contributed by atoms with E-state index < -0.39 is 24.4 Å². The highest BCUT2D eigenvalue weighted by Crippen LogP contribution is 2.34. The zero-order valence-electron chi connectivity index (χ0n) is 12.5. The molecule has 0 saturated carbocycles. The number of benzene rings is 2. The summed E-state index contributed by atoms with van der Waals surface area (Å²) in [5.74, 6) is 0. The van der Waals surface area contributed by atoms with Gasteiger partial charge in [-0.2, -0.15) is 26.3 Å². The van der Waals surface area contributed by atoms with Crippen LogP contribution in [-0.4, -0.2) is 24.4 Å². The van der Waals surface area contributed by atoms with Gasteiger partial charge in [0.05, 0.1) is 11.4 Å². The lowest BCUT2D eigenvalue weighted by Gasteiger charge is -2.28. The van der Waals surface area contributed by atoms with Gasteiger partial charge in [-0.1, -0.05) is 36.4 Å². The number of nitrogens with one attached hydrogen (secondary N) is 1. The molecular formula is C16H12F6N2O. The fourth-order valence-electron chi connectivity index (χ4n) is 2.07. The molecule has 25 heavy (non-hydrogen) atoms. The van der Waals surface area contributed by atoms with E-state index in [-0.39, 0.29) is 11.4 Å². The lowest BCUT2D eigenvalue weighted by Crippen LogP contribution is -2.57. The zero-order chi connectivity index (χ0) is 18.7. The number of alkyl halides is 6. The predicted molar refractivity (Wildman–Crippen MR) is 79.5 cm³/mol. The minimum absolute atomic E-state index is 0.120. The Bertz CT molecular complexity index is 647. The van der Waals surface area contributed by atoms with Crippen molar-refractivity contribution < 1.29 is 31.1 Å². The molecule has 3 nitrogen and oxygen atoms in total. The van der Waals surface area contributed by atoms with Gasteiger partial charge in [-0.15, -0.1) is 0 Å². The van der Waals surface area contributed by atoms with E-state index >= 15 is 0 Å². The number of para-hydroxylation sites is 2. The van der Waals surface area contributed by atoms with Gasteiger partial charge >= 0.3 is 18.4 Å². The minimum atomic E-state index is -5.67. The van der Waals surface area contributed by atoms with Crippen molar-refractivity contribution in [3.8, 4) is 0 Å². The van der Waals surface area contributed by atoms with Gasteiger partial charge in [0.2, 0.25) is 6.04 Å². The molecule has 0 aliphatic carbocycles. The maximum absolute atomic E-state index is 12.7. The van der Waals surface area contributed by atoms with Crippen molar-refractivity contribution in [3.05, 3.63) is 60.7 Å². The molecule has 2 aromatic carbocycles. The number of halogens is 6. The van der Waals surface area contributed by atoms with Crippen molar-refractivity contribution in [1.29, 1.82) is 0 Å². The molecular weight excluding hydrogens is 350 g/mol. The molecule has 0 saturated heterocycles. The molecule has 0 radical (unpaired) electrons. The highest BCUT2D eigenvalue weighted by atomic mass is 19.4. The quantitative estimate of drug-likeness (QED) is 0.764. The first-order valence-corrected chi connectivity index (χ1v) is 6.95. The molecule has 0 spiro atoms. The summed E-state index contributed by atoms with van der Waals surface area (Å²) in [5.41, 5.74) is 0.239. The van der Waals surface area contributed by atoms with Gasteiger partial charge in [0, 0.05) is 0 Å². The number of carbonyl (C=O) groups excluding carboxylic acids is 1. The van der Waals surface area contributed by atoms with Crippen molar-refractivity contribution in [2.24, 2.45) is 0 Å². The summed E-state index contributed by atoms with van der Waals surface area (Å²) >= 11 is 0. The number of carbonyl (C=O) groups is 1. The number of rotatable bonds is 3. The Morgan fingerprint density at radius 3 is 1.44 bits per heavy atom. The molecule has 0 bridgehead atoms. The number of hydrogen-bond donors (Lipinski definition) is 1. The molecule has 9 heteroatoms. The molecule has 2 rings (SSSR count). The van der Waals surface area contributed by atoms with Gasteiger partial charge in [-0.3, -0.25) is 4.90 Å². The third kappa shape index (κ3) is 4.65. The van der Waals surface area contributed by atoms with E-state index in [4.69, 9.17) is 0 Å². The first kappa shape index (κ1) is 18.6. The molecule has 0 heterocycles. The van der Waals surface area contributed by atoms with Gasteiger partial charge in [0.25, 0.3) is 0 Å². The summed E-state index contributed by atoms with van der Waals surface area (Å²) in [7, 11) is 0. The van der Waals surface area contributed by atoms with Crippen LogP contribution in [0, 0.1) is 0 Å². The molecule has 0 unspecified atom stereocenters. The Morgan fingerprint density at radius 2 is 1.12 bits per heavy atom. The maximum atomic E-state index is 12.7. The minimum Gasteiger partial charge on any atom is -0.318 e. The van der Waals surface area contributed by atoms with Crippen molar-refractivity contribution in [2.45, 2.75) is 18.4 Å². The van der Waals surface area contributed by atoms with Gasteiger partial charge in [-0.25, -0.2) is 4.79 Å². The summed E-state index contributed by atoms with van der Waals surface area (Å²) in [6, 6.07) is 9.26. The summed E-state index contributed by atoms with van der Waals surface area (Å²) in [6.07, 6.45) is -11.3. The van der Waals surface area contributed by atoms with Crippen LogP contribution in [0.1, 0.15) is 0 Å². The van der Waals surface area contributed by atoms with Crippen LogP contribution in [0.5, 0.6) is 0 Å². The molecule has 2 aromatic rings. The molecule has 0 aliphatic heterocycles. The van der Waals surface area contributed by atoms with Crippen molar-refractivity contribution in [1.82, 2.24) is 5.32 Å².